The molecule has 1 aromatic heterocycles. The molecule has 0 N–H and O–H groups in total. The molecule has 0 bridgehead atoms. The molecule has 104 valence electrons. The Morgan fingerprint density at radius 3 is 2.57 bits per heavy atom. The average molecular weight is 281 g/mol. The van der Waals surface area contributed by atoms with Crippen molar-refractivity contribution in [2.24, 2.45) is 0 Å². The topological polar surface area (TPSA) is 90.4 Å². The number of carbonyl (C=O) groups is 3. The standard InChI is InChI=1S/C15H10N2O4/c18-13-11-4-3-10(15(20)21)6-12(11)14(19)17(13)8-9-2-1-5-16-7-9/h1-7H,8H2,(H,20,21)/p-1. The van der Waals surface area contributed by atoms with Crippen LogP contribution in [-0.2, 0) is 6.54 Å². The minimum absolute atomic E-state index is 0.0885. The van der Waals surface area contributed by atoms with Gasteiger partial charge in [-0.2, -0.15) is 0 Å². The zero-order chi connectivity index (χ0) is 15.0. The van der Waals surface area contributed by atoms with Gasteiger partial charge >= 0.3 is 0 Å². The van der Waals surface area contributed by atoms with Gasteiger partial charge in [-0.25, -0.2) is 0 Å². The van der Waals surface area contributed by atoms with Crippen molar-refractivity contribution in [3.8, 4) is 0 Å². The van der Waals surface area contributed by atoms with E-state index in [1.54, 1.807) is 24.5 Å². The van der Waals surface area contributed by atoms with Gasteiger partial charge in [-0.15, -0.1) is 0 Å². The maximum Gasteiger partial charge on any atom is 0.261 e. The van der Waals surface area contributed by atoms with Crippen LogP contribution in [0.1, 0.15) is 36.6 Å². The molecule has 0 spiro atoms. The molecule has 3 rings (SSSR count). The SMILES string of the molecule is O=C([O-])c1ccc2c(c1)C(=O)N(Cc1cccnc1)C2=O. The third-order valence-corrected chi connectivity index (χ3v) is 3.27. The number of rotatable bonds is 3. The van der Waals surface area contributed by atoms with Crippen molar-refractivity contribution in [1.82, 2.24) is 9.88 Å². The summed E-state index contributed by atoms with van der Waals surface area (Å²) in [6.07, 6.45) is 3.16. The van der Waals surface area contributed by atoms with Crippen LogP contribution in [0.5, 0.6) is 0 Å². The summed E-state index contributed by atoms with van der Waals surface area (Å²) in [5.41, 5.74) is 0.879. The smallest absolute Gasteiger partial charge is 0.261 e. The van der Waals surface area contributed by atoms with Crippen LogP contribution in [0, 0.1) is 0 Å². The van der Waals surface area contributed by atoms with E-state index in [-0.39, 0.29) is 23.2 Å². The zero-order valence-corrected chi connectivity index (χ0v) is 10.8. The van der Waals surface area contributed by atoms with Crippen LogP contribution in [0.3, 0.4) is 0 Å². The van der Waals surface area contributed by atoms with Crippen molar-refractivity contribution < 1.29 is 19.5 Å². The van der Waals surface area contributed by atoms with Crippen LogP contribution >= 0.6 is 0 Å². The molecule has 6 heteroatoms. The number of aromatic carboxylic acids is 1. The minimum atomic E-state index is -1.39. The normalized spacial score (nSPS) is 13.4. The molecule has 0 aliphatic carbocycles. The van der Waals surface area contributed by atoms with Gasteiger partial charge in [0.1, 0.15) is 0 Å². The molecule has 1 aliphatic heterocycles. The number of aromatic nitrogens is 1. The first-order chi connectivity index (χ1) is 10.1. The molecule has 1 aromatic carbocycles. The highest BCUT2D eigenvalue weighted by atomic mass is 16.4. The average Bonchev–Trinajstić information content (AvgIpc) is 2.73. The first-order valence-corrected chi connectivity index (χ1v) is 6.18. The predicted octanol–water partition coefficient (Wildman–Crippen LogP) is 0.241. The molecule has 21 heavy (non-hydrogen) atoms. The summed E-state index contributed by atoms with van der Waals surface area (Å²) in [5.74, 6) is -2.34. The second kappa shape index (κ2) is 4.82. The van der Waals surface area contributed by atoms with Gasteiger partial charge in [0.2, 0.25) is 0 Å². The van der Waals surface area contributed by atoms with E-state index in [1.807, 2.05) is 0 Å². The van der Waals surface area contributed by atoms with Gasteiger partial charge in [-0.1, -0.05) is 12.1 Å². The van der Waals surface area contributed by atoms with E-state index in [2.05, 4.69) is 4.98 Å². The second-order valence-electron chi connectivity index (χ2n) is 4.61. The van der Waals surface area contributed by atoms with Crippen LogP contribution < -0.4 is 5.11 Å². The van der Waals surface area contributed by atoms with Crippen molar-refractivity contribution >= 4 is 17.8 Å². The Bertz CT molecular complexity index is 756. The molecular formula is C15H9N2O4-. The van der Waals surface area contributed by atoms with Crippen LogP contribution in [0.15, 0.2) is 42.7 Å². The van der Waals surface area contributed by atoms with E-state index in [1.165, 1.54) is 18.2 Å². The first kappa shape index (κ1) is 13.0. The quantitative estimate of drug-likeness (QED) is 0.752. The number of nitrogens with zero attached hydrogens (tertiary/aromatic N) is 2. The number of carboxylic acids is 1. The summed E-state index contributed by atoms with van der Waals surface area (Å²) in [4.78, 5) is 40.3. The summed E-state index contributed by atoms with van der Waals surface area (Å²) in [7, 11) is 0. The van der Waals surface area contributed by atoms with Crippen LogP contribution in [0.4, 0.5) is 0 Å². The number of benzene rings is 1. The highest BCUT2D eigenvalue weighted by molar-refractivity contribution is 6.21. The van der Waals surface area contributed by atoms with Crippen LogP contribution in [-0.4, -0.2) is 27.7 Å². The summed E-state index contributed by atoms with van der Waals surface area (Å²) >= 11 is 0. The number of hydrogen-bond acceptors (Lipinski definition) is 5. The second-order valence-corrected chi connectivity index (χ2v) is 4.61. The van der Waals surface area contributed by atoms with E-state index in [0.717, 1.165) is 4.90 Å². The van der Waals surface area contributed by atoms with Gasteiger partial charge < -0.3 is 9.90 Å². The van der Waals surface area contributed by atoms with Crippen molar-refractivity contribution in [1.29, 1.82) is 0 Å². The van der Waals surface area contributed by atoms with E-state index in [9.17, 15) is 19.5 Å². The molecule has 0 saturated carbocycles. The summed E-state index contributed by atoms with van der Waals surface area (Å²) in [6.45, 7) is 0.0981. The van der Waals surface area contributed by atoms with E-state index in [0.29, 0.717) is 5.56 Å². The summed E-state index contributed by atoms with van der Waals surface area (Å²) in [5, 5.41) is 10.8. The lowest BCUT2D eigenvalue weighted by Gasteiger charge is -2.13. The Morgan fingerprint density at radius 2 is 1.90 bits per heavy atom. The zero-order valence-electron chi connectivity index (χ0n) is 10.8. The fourth-order valence-electron chi connectivity index (χ4n) is 2.24. The van der Waals surface area contributed by atoms with Crippen molar-refractivity contribution in [3.05, 3.63) is 65.0 Å². The fraction of sp³-hybridized carbons (Fsp3) is 0.0667. The number of pyridine rings is 1. The molecule has 2 aromatic rings. The fourth-order valence-corrected chi connectivity index (χ4v) is 2.24. The monoisotopic (exact) mass is 281 g/mol. The molecule has 2 amide bonds. The molecule has 0 atom stereocenters. The number of imide groups is 1. The lowest BCUT2D eigenvalue weighted by Crippen LogP contribution is -2.29. The molecule has 0 fully saturated rings. The Balaban J connectivity index is 1.95. The van der Waals surface area contributed by atoms with Gasteiger partial charge in [0.15, 0.2) is 0 Å². The summed E-state index contributed by atoms with van der Waals surface area (Å²) in [6, 6.07) is 7.23. The number of carboxylic acid groups (broad SMARTS) is 1. The minimum Gasteiger partial charge on any atom is -0.545 e. The highest BCUT2D eigenvalue weighted by Gasteiger charge is 2.35. The number of amides is 2. The molecular weight excluding hydrogens is 272 g/mol. The highest BCUT2D eigenvalue weighted by Crippen LogP contribution is 2.25. The van der Waals surface area contributed by atoms with Crippen LogP contribution in [0.2, 0.25) is 0 Å². The number of hydrogen-bond donors (Lipinski definition) is 0. The summed E-state index contributed by atoms with van der Waals surface area (Å²) < 4.78 is 0. The Kier molecular flexibility index (Phi) is 2.98. The van der Waals surface area contributed by atoms with E-state index < -0.39 is 17.8 Å². The van der Waals surface area contributed by atoms with Gasteiger partial charge in [0, 0.05) is 12.4 Å². The maximum atomic E-state index is 12.3. The maximum absolute atomic E-state index is 12.3. The Labute approximate surface area is 119 Å². The van der Waals surface area contributed by atoms with Gasteiger partial charge in [0.25, 0.3) is 11.8 Å². The number of carbonyl (C=O) groups excluding carboxylic acids is 3. The lowest BCUT2D eigenvalue weighted by atomic mass is 10.1. The molecule has 2 heterocycles. The molecule has 1 aliphatic rings. The largest absolute Gasteiger partial charge is 0.545 e. The van der Waals surface area contributed by atoms with E-state index in [4.69, 9.17) is 0 Å². The van der Waals surface area contributed by atoms with Crippen molar-refractivity contribution in [2.45, 2.75) is 6.54 Å². The molecule has 0 unspecified atom stereocenters. The van der Waals surface area contributed by atoms with Gasteiger partial charge in [-0.05, 0) is 29.3 Å². The van der Waals surface area contributed by atoms with Crippen molar-refractivity contribution in [3.63, 3.8) is 0 Å². The third kappa shape index (κ3) is 2.16. The first-order valence-electron chi connectivity index (χ1n) is 6.18. The van der Waals surface area contributed by atoms with Gasteiger partial charge in [-0.3, -0.25) is 19.5 Å². The Morgan fingerprint density at radius 1 is 1.14 bits per heavy atom. The van der Waals surface area contributed by atoms with Crippen LogP contribution in [0.25, 0.3) is 0 Å². The Hall–Kier alpha value is -3.02. The molecule has 6 nitrogen and oxygen atoms in total. The predicted molar refractivity (Wildman–Crippen MR) is 69.2 cm³/mol. The molecule has 0 radical (unpaired) electrons. The van der Waals surface area contributed by atoms with E-state index >= 15 is 0 Å². The van der Waals surface area contributed by atoms with Gasteiger partial charge in [0.05, 0.1) is 23.6 Å². The van der Waals surface area contributed by atoms with Crippen molar-refractivity contribution in [2.75, 3.05) is 0 Å². The molecule has 0 saturated heterocycles. The third-order valence-electron chi connectivity index (χ3n) is 3.27. The number of fused-ring (bicyclic) bond motifs is 1. The lowest BCUT2D eigenvalue weighted by molar-refractivity contribution is -0.255.